The first-order chi connectivity index (χ1) is 11.7. The van der Waals surface area contributed by atoms with E-state index in [1.54, 1.807) is 11.3 Å². The van der Waals surface area contributed by atoms with E-state index in [0.717, 1.165) is 47.8 Å². The number of amides is 1. The van der Waals surface area contributed by atoms with Gasteiger partial charge in [0.25, 0.3) is 0 Å². The summed E-state index contributed by atoms with van der Waals surface area (Å²) >= 11 is 1.59. The number of benzene rings is 1. The second-order valence-corrected chi connectivity index (χ2v) is 6.71. The summed E-state index contributed by atoms with van der Waals surface area (Å²) in [7, 11) is 0. The Labute approximate surface area is 146 Å². The van der Waals surface area contributed by atoms with E-state index >= 15 is 0 Å². The van der Waals surface area contributed by atoms with Gasteiger partial charge in [0, 0.05) is 35.9 Å². The minimum atomic E-state index is 0.195. The maximum absolute atomic E-state index is 12.6. The molecule has 0 fully saturated rings. The lowest BCUT2D eigenvalue weighted by atomic mass is 10.2. The van der Waals surface area contributed by atoms with Crippen LogP contribution >= 0.6 is 11.3 Å². The number of thiazole rings is 1. The predicted molar refractivity (Wildman–Crippen MR) is 99.4 cm³/mol. The van der Waals surface area contributed by atoms with Crippen molar-refractivity contribution in [3.05, 3.63) is 47.6 Å². The zero-order valence-electron chi connectivity index (χ0n) is 14.2. The molecule has 0 bridgehead atoms. The number of hydrogen-bond donors (Lipinski definition) is 0. The first kappa shape index (κ1) is 16.7. The summed E-state index contributed by atoms with van der Waals surface area (Å²) in [4.78, 5) is 20.1. The van der Waals surface area contributed by atoms with Crippen LogP contribution in [0.15, 0.2) is 41.9 Å². The Balaban J connectivity index is 1.80. The van der Waals surface area contributed by atoms with Crippen LogP contribution in [-0.4, -0.2) is 33.3 Å². The molecule has 0 atom stereocenters. The number of fused-ring (bicyclic) bond motifs is 1. The molecular weight excluding hydrogens is 318 g/mol. The van der Waals surface area contributed by atoms with E-state index in [0.29, 0.717) is 6.42 Å². The van der Waals surface area contributed by atoms with Crippen molar-refractivity contribution in [2.45, 2.75) is 33.1 Å². The Hall–Kier alpha value is -2.14. The third kappa shape index (κ3) is 3.51. The van der Waals surface area contributed by atoms with E-state index in [1.807, 2.05) is 41.6 Å². The van der Waals surface area contributed by atoms with Gasteiger partial charge in [0.05, 0.1) is 12.1 Å². The van der Waals surface area contributed by atoms with Gasteiger partial charge in [-0.3, -0.25) is 9.20 Å². The lowest BCUT2D eigenvalue weighted by molar-refractivity contribution is -0.130. The molecule has 1 aromatic carbocycles. The second kappa shape index (κ2) is 7.62. The lowest BCUT2D eigenvalue weighted by Crippen LogP contribution is -2.33. The van der Waals surface area contributed by atoms with Crippen LogP contribution in [0.5, 0.6) is 0 Å². The van der Waals surface area contributed by atoms with Crippen LogP contribution < -0.4 is 0 Å². The van der Waals surface area contributed by atoms with Gasteiger partial charge in [-0.1, -0.05) is 43.7 Å². The van der Waals surface area contributed by atoms with E-state index < -0.39 is 0 Å². The summed E-state index contributed by atoms with van der Waals surface area (Å²) in [5.74, 6) is 0.195. The number of aromatic nitrogens is 2. The fourth-order valence-electron chi connectivity index (χ4n) is 2.78. The van der Waals surface area contributed by atoms with Crippen LogP contribution in [0.2, 0.25) is 0 Å². The van der Waals surface area contributed by atoms with Crippen molar-refractivity contribution in [1.82, 2.24) is 14.3 Å². The van der Waals surface area contributed by atoms with Gasteiger partial charge >= 0.3 is 0 Å². The molecule has 0 saturated carbocycles. The van der Waals surface area contributed by atoms with Crippen molar-refractivity contribution in [1.29, 1.82) is 0 Å². The summed E-state index contributed by atoms with van der Waals surface area (Å²) in [6, 6.07) is 10.1. The molecule has 0 N–H and O–H groups in total. The van der Waals surface area contributed by atoms with Gasteiger partial charge in [-0.2, -0.15) is 0 Å². The van der Waals surface area contributed by atoms with Gasteiger partial charge in [0.2, 0.25) is 5.91 Å². The second-order valence-electron chi connectivity index (χ2n) is 5.88. The highest BCUT2D eigenvalue weighted by atomic mass is 32.1. The SMILES string of the molecule is CCCCN(CC)C(=O)Cc1csc2nc(-c3ccccc3)cn12. The lowest BCUT2D eigenvalue weighted by Gasteiger charge is -2.20. The molecule has 0 unspecified atom stereocenters. The van der Waals surface area contributed by atoms with Crippen molar-refractivity contribution in [2.75, 3.05) is 13.1 Å². The Morgan fingerprint density at radius 1 is 1.25 bits per heavy atom. The number of carbonyl (C=O) groups excluding carboxylic acids is 1. The minimum absolute atomic E-state index is 0.195. The standard InChI is InChI=1S/C19H23N3OS/c1-3-5-11-21(4-2)18(23)12-16-14-24-19-20-17(13-22(16)19)15-9-7-6-8-10-15/h6-10,13-14H,3-5,11-12H2,1-2H3. The van der Waals surface area contributed by atoms with Crippen LogP contribution in [-0.2, 0) is 11.2 Å². The van der Waals surface area contributed by atoms with Gasteiger partial charge in [0.15, 0.2) is 4.96 Å². The van der Waals surface area contributed by atoms with E-state index in [1.165, 1.54) is 0 Å². The van der Waals surface area contributed by atoms with Crippen LogP contribution in [0.1, 0.15) is 32.4 Å². The molecule has 0 aliphatic carbocycles. The zero-order valence-corrected chi connectivity index (χ0v) is 15.1. The molecule has 3 aromatic rings. The van der Waals surface area contributed by atoms with Crippen molar-refractivity contribution in [3.8, 4) is 11.3 Å². The average Bonchev–Trinajstić information content (AvgIpc) is 3.18. The number of unbranched alkanes of at least 4 members (excludes halogenated alkanes) is 1. The molecule has 0 spiro atoms. The molecule has 1 amide bonds. The molecule has 0 radical (unpaired) electrons. The van der Waals surface area contributed by atoms with Crippen molar-refractivity contribution in [3.63, 3.8) is 0 Å². The smallest absolute Gasteiger partial charge is 0.228 e. The number of imidazole rings is 1. The quantitative estimate of drug-likeness (QED) is 0.644. The summed E-state index contributed by atoms with van der Waals surface area (Å²) in [6.07, 6.45) is 4.63. The van der Waals surface area contributed by atoms with Gasteiger partial charge in [0.1, 0.15) is 0 Å². The number of hydrogen-bond acceptors (Lipinski definition) is 3. The van der Waals surface area contributed by atoms with Gasteiger partial charge < -0.3 is 4.90 Å². The fraction of sp³-hybridized carbons (Fsp3) is 0.368. The van der Waals surface area contributed by atoms with Crippen LogP contribution in [0, 0.1) is 0 Å². The van der Waals surface area contributed by atoms with E-state index in [4.69, 9.17) is 0 Å². The van der Waals surface area contributed by atoms with Gasteiger partial charge in [-0.05, 0) is 13.3 Å². The highest BCUT2D eigenvalue weighted by molar-refractivity contribution is 7.15. The Kier molecular flexibility index (Phi) is 5.30. The molecule has 4 nitrogen and oxygen atoms in total. The normalized spacial score (nSPS) is 11.1. The molecule has 0 aliphatic heterocycles. The molecule has 126 valence electrons. The molecule has 0 aliphatic rings. The number of likely N-dealkylation sites (N-methyl/N-ethyl adjacent to an activating group) is 1. The summed E-state index contributed by atoms with van der Waals surface area (Å²) < 4.78 is 2.05. The molecule has 24 heavy (non-hydrogen) atoms. The number of rotatable bonds is 7. The maximum Gasteiger partial charge on any atom is 0.228 e. The maximum atomic E-state index is 12.6. The third-order valence-electron chi connectivity index (χ3n) is 4.20. The Bertz CT molecular complexity index is 807. The summed E-state index contributed by atoms with van der Waals surface area (Å²) in [5, 5.41) is 2.04. The first-order valence-electron chi connectivity index (χ1n) is 8.51. The summed E-state index contributed by atoms with van der Waals surface area (Å²) in [5.41, 5.74) is 3.07. The van der Waals surface area contributed by atoms with Crippen LogP contribution in [0.3, 0.4) is 0 Å². The molecule has 5 heteroatoms. The highest BCUT2D eigenvalue weighted by Crippen LogP contribution is 2.24. The van der Waals surface area contributed by atoms with Crippen molar-refractivity contribution < 1.29 is 4.79 Å². The van der Waals surface area contributed by atoms with E-state index in [2.05, 4.69) is 28.4 Å². The van der Waals surface area contributed by atoms with Gasteiger partial charge in [-0.15, -0.1) is 11.3 Å². The number of nitrogens with zero attached hydrogens (tertiary/aromatic N) is 3. The van der Waals surface area contributed by atoms with E-state index in [-0.39, 0.29) is 5.91 Å². The van der Waals surface area contributed by atoms with Crippen molar-refractivity contribution in [2.24, 2.45) is 0 Å². The predicted octanol–water partition coefficient (Wildman–Crippen LogP) is 4.25. The van der Waals surface area contributed by atoms with Crippen LogP contribution in [0.25, 0.3) is 16.2 Å². The Morgan fingerprint density at radius 3 is 2.75 bits per heavy atom. The van der Waals surface area contributed by atoms with Crippen LogP contribution in [0.4, 0.5) is 0 Å². The zero-order chi connectivity index (χ0) is 16.9. The molecule has 3 rings (SSSR count). The average molecular weight is 341 g/mol. The molecular formula is C19H23N3OS. The summed E-state index contributed by atoms with van der Waals surface area (Å²) in [6.45, 7) is 5.81. The topological polar surface area (TPSA) is 37.6 Å². The molecule has 0 saturated heterocycles. The fourth-order valence-corrected chi connectivity index (χ4v) is 3.65. The number of carbonyl (C=O) groups is 1. The first-order valence-corrected chi connectivity index (χ1v) is 9.39. The minimum Gasteiger partial charge on any atom is -0.343 e. The monoisotopic (exact) mass is 341 g/mol. The molecule has 2 aromatic heterocycles. The van der Waals surface area contributed by atoms with Gasteiger partial charge in [-0.25, -0.2) is 4.98 Å². The Morgan fingerprint density at radius 2 is 2.04 bits per heavy atom. The van der Waals surface area contributed by atoms with Crippen molar-refractivity contribution >= 4 is 22.2 Å². The van der Waals surface area contributed by atoms with E-state index in [9.17, 15) is 4.79 Å². The molecule has 2 heterocycles. The largest absolute Gasteiger partial charge is 0.343 e. The highest BCUT2D eigenvalue weighted by Gasteiger charge is 2.16. The third-order valence-corrected chi connectivity index (χ3v) is 5.09.